The molecule has 5 rings (SSSR count). The van der Waals surface area contributed by atoms with Gasteiger partial charge >= 0.3 is 5.69 Å². The molecule has 2 aromatic heterocycles. The zero-order valence-electron chi connectivity index (χ0n) is 18.5. The maximum Gasteiger partial charge on any atom is 0.331 e. The predicted molar refractivity (Wildman–Crippen MR) is 123 cm³/mol. The van der Waals surface area contributed by atoms with Gasteiger partial charge in [-0.2, -0.15) is 0 Å². The van der Waals surface area contributed by atoms with Crippen LogP contribution in [-0.4, -0.2) is 26.9 Å². The third-order valence-corrected chi connectivity index (χ3v) is 6.23. The van der Waals surface area contributed by atoms with Crippen LogP contribution < -0.4 is 16.0 Å². The molecule has 164 valence electrons. The normalized spacial score (nSPS) is 18.0. The number of aromatic nitrogens is 3. The molecule has 7 nitrogen and oxygen atoms in total. The molecule has 0 saturated carbocycles. The number of benzene rings is 2. The van der Waals surface area contributed by atoms with E-state index >= 15 is 0 Å². The van der Waals surface area contributed by atoms with Crippen LogP contribution in [0.25, 0.3) is 22.2 Å². The number of nitrogens with zero attached hydrogens (tertiary/aromatic N) is 3. The second kappa shape index (κ2) is 7.53. The van der Waals surface area contributed by atoms with Gasteiger partial charge in [0, 0.05) is 20.6 Å². The van der Waals surface area contributed by atoms with Gasteiger partial charge in [-0.05, 0) is 30.2 Å². The number of ether oxygens (including phenoxy) is 2. The van der Waals surface area contributed by atoms with Gasteiger partial charge in [0.2, 0.25) is 0 Å². The topological polar surface area (TPSA) is 67.4 Å². The Labute approximate surface area is 185 Å². The van der Waals surface area contributed by atoms with Gasteiger partial charge in [-0.1, -0.05) is 42.5 Å². The molecule has 2 aromatic carbocycles. The van der Waals surface area contributed by atoms with Gasteiger partial charge in [0.15, 0.2) is 0 Å². The zero-order chi connectivity index (χ0) is 22.6. The van der Waals surface area contributed by atoms with Crippen LogP contribution in [0, 0.1) is 0 Å². The molecule has 4 aromatic rings. The molecule has 0 fully saturated rings. The first-order valence-corrected chi connectivity index (χ1v) is 10.6. The Balaban J connectivity index is 1.92. The number of aryl methyl sites for hydroxylation is 1. The van der Waals surface area contributed by atoms with E-state index in [1.807, 2.05) is 61.5 Å². The smallest absolute Gasteiger partial charge is 0.331 e. The van der Waals surface area contributed by atoms with E-state index in [4.69, 9.17) is 9.47 Å². The van der Waals surface area contributed by atoms with Crippen LogP contribution >= 0.6 is 0 Å². The summed E-state index contributed by atoms with van der Waals surface area (Å²) in [6, 6.07) is 17.6. The minimum absolute atomic E-state index is 0.0836. The first-order chi connectivity index (χ1) is 15.4. The molecule has 2 atom stereocenters. The van der Waals surface area contributed by atoms with E-state index in [1.54, 1.807) is 18.7 Å². The average Bonchev–Trinajstić information content (AvgIpc) is 3.16. The molecule has 1 aliphatic heterocycles. The number of hydrogen-bond donors (Lipinski definition) is 0. The lowest BCUT2D eigenvalue weighted by Crippen LogP contribution is -2.37. The van der Waals surface area contributed by atoms with E-state index in [-0.39, 0.29) is 17.4 Å². The SMILES string of the molecule is COc1ccc([C@@H]2O[C@@H](C)Cn3c(-c4ccccc4)c4c(=O)n(C)c(=O)n(C)c4c32)cc1. The minimum atomic E-state index is -0.428. The Kier molecular flexibility index (Phi) is 4.78. The Bertz CT molecular complexity index is 1430. The van der Waals surface area contributed by atoms with Crippen molar-refractivity contribution in [2.75, 3.05) is 7.11 Å². The maximum absolute atomic E-state index is 13.4. The summed E-state index contributed by atoms with van der Waals surface area (Å²) in [6.07, 6.45) is -0.512. The first kappa shape index (κ1) is 20.3. The van der Waals surface area contributed by atoms with Crippen molar-refractivity contribution in [3.63, 3.8) is 0 Å². The Morgan fingerprint density at radius 2 is 1.66 bits per heavy atom. The highest BCUT2D eigenvalue weighted by Crippen LogP contribution is 2.42. The lowest BCUT2D eigenvalue weighted by molar-refractivity contribution is -0.0142. The molecular formula is C25H25N3O4. The van der Waals surface area contributed by atoms with Crippen molar-refractivity contribution in [3.8, 4) is 17.0 Å². The van der Waals surface area contributed by atoms with Crippen molar-refractivity contribution in [2.24, 2.45) is 14.1 Å². The lowest BCUT2D eigenvalue weighted by atomic mass is 10.0. The highest BCUT2D eigenvalue weighted by molar-refractivity contribution is 5.96. The zero-order valence-corrected chi connectivity index (χ0v) is 18.5. The van der Waals surface area contributed by atoms with Crippen molar-refractivity contribution < 1.29 is 9.47 Å². The highest BCUT2D eigenvalue weighted by Gasteiger charge is 2.35. The fourth-order valence-corrected chi connectivity index (χ4v) is 4.70. The van der Waals surface area contributed by atoms with Crippen LogP contribution in [0.2, 0.25) is 0 Å². The summed E-state index contributed by atoms with van der Waals surface area (Å²) >= 11 is 0. The van der Waals surface area contributed by atoms with Crippen molar-refractivity contribution in [1.29, 1.82) is 0 Å². The third kappa shape index (κ3) is 2.92. The molecule has 0 N–H and O–H groups in total. The quantitative estimate of drug-likeness (QED) is 0.500. The first-order valence-electron chi connectivity index (χ1n) is 10.6. The summed E-state index contributed by atoms with van der Waals surface area (Å²) in [5, 5.41) is 0.534. The second-order valence-corrected chi connectivity index (χ2v) is 8.24. The van der Waals surface area contributed by atoms with Gasteiger partial charge in [-0.25, -0.2) is 4.79 Å². The number of methoxy groups -OCH3 is 1. The number of hydrogen-bond acceptors (Lipinski definition) is 4. The van der Waals surface area contributed by atoms with Crippen LogP contribution in [-0.2, 0) is 25.4 Å². The van der Waals surface area contributed by atoms with Crippen LogP contribution in [0.15, 0.2) is 64.2 Å². The van der Waals surface area contributed by atoms with Gasteiger partial charge < -0.3 is 14.0 Å². The number of rotatable bonds is 3. The van der Waals surface area contributed by atoms with Crippen molar-refractivity contribution >= 4 is 10.9 Å². The van der Waals surface area contributed by atoms with E-state index in [1.165, 1.54) is 11.6 Å². The van der Waals surface area contributed by atoms with Gasteiger partial charge in [0.1, 0.15) is 11.9 Å². The molecule has 0 amide bonds. The molecule has 0 radical (unpaired) electrons. The van der Waals surface area contributed by atoms with Crippen LogP contribution in [0.1, 0.15) is 24.3 Å². The fraction of sp³-hybridized carbons (Fsp3) is 0.280. The van der Waals surface area contributed by atoms with Gasteiger partial charge in [-0.15, -0.1) is 0 Å². The summed E-state index contributed by atoms with van der Waals surface area (Å²) in [4.78, 5) is 26.3. The van der Waals surface area contributed by atoms with Gasteiger partial charge in [-0.3, -0.25) is 13.9 Å². The Morgan fingerprint density at radius 3 is 2.31 bits per heavy atom. The molecular weight excluding hydrogens is 406 g/mol. The summed E-state index contributed by atoms with van der Waals surface area (Å²) in [7, 11) is 4.86. The molecule has 0 bridgehead atoms. The third-order valence-electron chi connectivity index (χ3n) is 6.23. The number of fused-ring (bicyclic) bond motifs is 3. The molecule has 1 aliphatic rings. The fourth-order valence-electron chi connectivity index (χ4n) is 4.70. The minimum Gasteiger partial charge on any atom is -0.497 e. The van der Waals surface area contributed by atoms with E-state index in [9.17, 15) is 9.59 Å². The maximum atomic E-state index is 13.4. The van der Waals surface area contributed by atoms with Crippen molar-refractivity contribution in [2.45, 2.75) is 25.7 Å². The molecule has 32 heavy (non-hydrogen) atoms. The molecule has 3 heterocycles. The van der Waals surface area contributed by atoms with Crippen LogP contribution in [0.3, 0.4) is 0 Å². The lowest BCUT2D eigenvalue weighted by Gasteiger charge is -2.32. The van der Waals surface area contributed by atoms with E-state index in [2.05, 4.69) is 4.57 Å². The standard InChI is InChI=1S/C25H25N3O4/c1-15-14-28-20(16-8-6-5-7-9-16)19-21(26(2)25(30)27(3)24(19)29)22(28)23(32-15)17-10-12-18(31-4)13-11-17/h5-13,15,23H,14H2,1-4H3/t15-,23-/m0/s1. The summed E-state index contributed by atoms with van der Waals surface area (Å²) in [5.41, 5.74) is 3.46. The summed E-state index contributed by atoms with van der Waals surface area (Å²) in [5.74, 6) is 0.754. The van der Waals surface area contributed by atoms with E-state index < -0.39 is 6.10 Å². The molecule has 0 aliphatic carbocycles. The van der Waals surface area contributed by atoms with Crippen LogP contribution in [0.5, 0.6) is 5.75 Å². The molecule has 7 heteroatoms. The monoisotopic (exact) mass is 431 g/mol. The molecule has 0 unspecified atom stereocenters. The van der Waals surface area contributed by atoms with Crippen LogP contribution in [0.4, 0.5) is 0 Å². The Hall–Kier alpha value is -3.58. The molecule has 0 spiro atoms. The highest BCUT2D eigenvalue weighted by atomic mass is 16.5. The average molecular weight is 431 g/mol. The van der Waals surface area contributed by atoms with Crippen molar-refractivity contribution in [1.82, 2.24) is 13.7 Å². The van der Waals surface area contributed by atoms with Gasteiger partial charge in [0.25, 0.3) is 5.56 Å². The summed E-state index contributed by atoms with van der Waals surface area (Å²) in [6.45, 7) is 2.61. The van der Waals surface area contributed by atoms with E-state index in [0.29, 0.717) is 17.4 Å². The summed E-state index contributed by atoms with van der Waals surface area (Å²) < 4.78 is 16.6. The van der Waals surface area contributed by atoms with E-state index in [0.717, 1.165) is 28.3 Å². The Morgan fingerprint density at radius 1 is 0.969 bits per heavy atom. The van der Waals surface area contributed by atoms with Gasteiger partial charge in [0.05, 0.1) is 35.5 Å². The van der Waals surface area contributed by atoms with Crippen molar-refractivity contribution in [3.05, 3.63) is 86.7 Å². The predicted octanol–water partition coefficient (Wildman–Crippen LogP) is 3.22. The molecule has 0 saturated heterocycles. The second-order valence-electron chi connectivity index (χ2n) is 8.24. The largest absolute Gasteiger partial charge is 0.497 e.